The number of ether oxygens (including phenoxy) is 1. The zero-order valence-corrected chi connectivity index (χ0v) is 9.60. The zero-order valence-electron chi connectivity index (χ0n) is 8.84. The summed E-state index contributed by atoms with van der Waals surface area (Å²) in [7, 11) is 1.57. The second kappa shape index (κ2) is 5.73. The highest BCUT2D eigenvalue weighted by molar-refractivity contribution is 6.31. The second-order valence-corrected chi connectivity index (χ2v) is 3.66. The first kappa shape index (κ1) is 12.0. The van der Waals surface area contributed by atoms with Crippen molar-refractivity contribution in [2.45, 2.75) is 13.3 Å². The maximum Gasteiger partial charge on any atom is 0.226 e. The predicted molar refractivity (Wildman–Crippen MR) is 61.3 cm³/mol. The fourth-order valence-corrected chi connectivity index (χ4v) is 1.26. The van der Waals surface area contributed by atoms with Crippen LogP contribution in [0.4, 0.5) is 5.69 Å². The van der Waals surface area contributed by atoms with Crippen molar-refractivity contribution < 1.29 is 9.53 Å². The van der Waals surface area contributed by atoms with Gasteiger partial charge >= 0.3 is 0 Å². The number of benzene rings is 1. The Morgan fingerprint density at radius 2 is 2.27 bits per heavy atom. The summed E-state index contributed by atoms with van der Waals surface area (Å²) in [4.78, 5) is 11.3. The van der Waals surface area contributed by atoms with Gasteiger partial charge in [-0.2, -0.15) is 0 Å². The number of carbonyl (C=O) groups is 1. The molecule has 1 N–H and O–H groups in total. The van der Waals surface area contributed by atoms with E-state index in [2.05, 4.69) is 5.32 Å². The molecule has 1 amide bonds. The van der Waals surface area contributed by atoms with Gasteiger partial charge in [-0.05, 0) is 30.7 Å². The molecule has 1 aromatic carbocycles. The fraction of sp³-hybridized carbons (Fsp3) is 0.364. The Balaban J connectivity index is 2.57. The molecule has 0 aromatic heterocycles. The third kappa shape index (κ3) is 3.90. The van der Waals surface area contributed by atoms with E-state index in [1.54, 1.807) is 19.2 Å². The fourth-order valence-electron chi connectivity index (χ4n) is 1.14. The zero-order chi connectivity index (χ0) is 11.3. The number of anilines is 1. The Bertz CT molecular complexity index is 352. The third-order valence-corrected chi connectivity index (χ3v) is 2.40. The summed E-state index contributed by atoms with van der Waals surface area (Å²) in [6.07, 6.45) is 0.359. The Morgan fingerprint density at radius 1 is 1.53 bits per heavy atom. The normalized spacial score (nSPS) is 10.1. The Labute approximate surface area is 94.4 Å². The van der Waals surface area contributed by atoms with Crippen LogP contribution in [0.25, 0.3) is 0 Å². The van der Waals surface area contributed by atoms with Crippen LogP contribution in [-0.2, 0) is 9.53 Å². The molecule has 0 spiro atoms. The monoisotopic (exact) mass is 227 g/mol. The number of methoxy groups -OCH3 is 1. The summed E-state index contributed by atoms with van der Waals surface area (Å²) in [6.45, 7) is 2.32. The van der Waals surface area contributed by atoms with Crippen molar-refractivity contribution in [2.24, 2.45) is 0 Å². The van der Waals surface area contributed by atoms with Crippen LogP contribution in [0.5, 0.6) is 0 Å². The summed E-state index contributed by atoms with van der Waals surface area (Å²) < 4.78 is 4.81. The van der Waals surface area contributed by atoms with Gasteiger partial charge in [0.05, 0.1) is 13.0 Å². The van der Waals surface area contributed by atoms with Crippen molar-refractivity contribution in [1.29, 1.82) is 0 Å². The van der Waals surface area contributed by atoms with Crippen LogP contribution in [0.3, 0.4) is 0 Å². The molecule has 0 unspecified atom stereocenters. The van der Waals surface area contributed by atoms with Crippen molar-refractivity contribution in [3.63, 3.8) is 0 Å². The number of aryl methyl sites for hydroxylation is 1. The molecule has 0 fully saturated rings. The van der Waals surface area contributed by atoms with E-state index in [0.29, 0.717) is 18.1 Å². The average Bonchev–Trinajstić information content (AvgIpc) is 2.20. The van der Waals surface area contributed by atoms with E-state index in [9.17, 15) is 4.79 Å². The van der Waals surface area contributed by atoms with Crippen LogP contribution in [0.15, 0.2) is 18.2 Å². The molecular formula is C11H14ClNO2. The van der Waals surface area contributed by atoms with Crippen LogP contribution in [0.2, 0.25) is 5.02 Å². The number of rotatable bonds is 4. The molecule has 0 radical (unpaired) electrons. The van der Waals surface area contributed by atoms with E-state index in [0.717, 1.165) is 11.3 Å². The van der Waals surface area contributed by atoms with Crippen LogP contribution < -0.4 is 5.32 Å². The van der Waals surface area contributed by atoms with E-state index in [1.165, 1.54) is 0 Å². The van der Waals surface area contributed by atoms with Gasteiger partial charge in [0.2, 0.25) is 5.91 Å². The highest BCUT2D eigenvalue weighted by atomic mass is 35.5. The summed E-state index contributed by atoms with van der Waals surface area (Å²) in [6, 6.07) is 5.38. The van der Waals surface area contributed by atoms with E-state index in [-0.39, 0.29) is 5.91 Å². The van der Waals surface area contributed by atoms with Gasteiger partial charge in [-0.15, -0.1) is 0 Å². The lowest BCUT2D eigenvalue weighted by atomic mass is 10.2. The van der Waals surface area contributed by atoms with Crippen molar-refractivity contribution in [1.82, 2.24) is 0 Å². The SMILES string of the molecule is COCCC(=O)Nc1ccc(Cl)c(C)c1. The molecule has 0 atom stereocenters. The maximum atomic E-state index is 11.3. The highest BCUT2D eigenvalue weighted by Gasteiger charge is 2.02. The highest BCUT2D eigenvalue weighted by Crippen LogP contribution is 2.19. The number of nitrogens with one attached hydrogen (secondary N) is 1. The van der Waals surface area contributed by atoms with E-state index < -0.39 is 0 Å². The van der Waals surface area contributed by atoms with Gasteiger partial charge in [0.25, 0.3) is 0 Å². The van der Waals surface area contributed by atoms with Gasteiger partial charge in [0.1, 0.15) is 0 Å². The van der Waals surface area contributed by atoms with E-state index >= 15 is 0 Å². The first-order chi connectivity index (χ1) is 7.13. The Morgan fingerprint density at radius 3 is 2.87 bits per heavy atom. The van der Waals surface area contributed by atoms with Crippen LogP contribution in [0.1, 0.15) is 12.0 Å². The number of carbonyl (C=O) groups excluding carboxylic acids is 1. The minimum atomic E-state index is -0.0569. The lowest BCUT2D eigenvalue weighted by molar-refractivity contribution is -0.117. The molecule has 0 aliphatic rings. The molecule has 3 nitrogen and oxygen atoms in total. The van der Waals surface area contributed by atoms with Crippen molar-refractivity contribution in [3.05, 3.63) is 28.8 Å². The Hall–Kier alpha value is -1.06. The number of amides is 1. The maximum absolute atomic E-state index is 11.3. The van der Waals surface area contributed by atoms with Crippen molar-refractivity contribution >= 4 is 23.2 Å². The first-order valence-corrected chi connectivity index (χ1v) is 5.06. The molecule has 0 saturated heterocycles. The van der Waals surface area contributed by atoms with Crippen LogP contribution >= 0.6 is 11.6 Å². The van der Waals surface area contributed by atoms with Crippen molar-refractivity contribution in [2.75, 3.05) is 19.0 Å². The number of hydrogen-bond acceptors (Lipinski definition) is 2. The lowest BCUT2D eigenvalue weighted by Gasteiger charge is -2.06. The minimum absolute atomic E-state index is 0.0569. The summed E-state index contributed by atoms with van der Waals surface area (Å²) in [5.41, 5.74) is 1.71. The van der Waals surface area contributed by atoms with Gasteiger partial charge in [-0.1, -0.05) is 11.6 Å². The smallest absolute Gasteiger partial charge is 0.226 e. The minimum Gasteiger partial charge on any atom is -0.384 e. The third-order valence-electron chi connectivity index (χ3n) is 1.97. The topological polar surface area (TPSA) is 38.3 Å². The molecule has 0 heterocycles. The van der Waals surface area contributed by atoms with Gasteiger partial charge < -0.3 is 10.1 Å². The molecule has 0 aliphatic carbocycles. The van der Waals surface area contributed by atoms with Gasteiger partial charge in [-0.25, -0.2) is 0 Å². The molecule has 4 heteroatoms. The standard InChI is InChI=1S/C11H14ClNO2/c1-8-7-9(3-4-10(8)12)13-11(14)5-6-15-2/h3-4,7H,5-6H2,1-2H3,(H,13,14). The van der Waals surface area contributed by atoms with E-state index in [4.69, 9.17) is 16.3 Å². The summed E-state index contributed by atoms with van der Waals surface area (Å²) in [5, 5.41) is 3.47. The number of halogens is 1. The average molecular weight is 228 g/mol. The first-order valence-electron chi connectivity index (χ1n) is 4.68. The van der Waals surface area contributed by atoms with Gasteiger partial charge in [-0.3, -0.25) is 4.79 Å². The lowest BCUT2D eigenvalue weighted by Crippen LogP contribution is -2.13. The molecule has 1 aromatic rings. The molecule has 1 rings (SSSR count). The quantitative estimate of drug-likeness (QED) is 0.859. The Kier molecular flexibility index (Phi) is 4.59. The largest absolute Gasteiger partial charge is 0.384 e. The molecule has 15 heavy (non-hydrogen) atoms. The molecule has 82 valence electrons. The second-order valence-electron chi connectivity index (χ2n) is 3.25. The molecule has 0 bridgehead atoms. The van der Waals surface area contributed by atoms with Gasteiger partial charge in [0.15, 0.2) is 0 Å². The molecular weight excluding hydrogens is 214 g/mol. The van der Waals surface area contributed by atoms with Gasteiger partial charge in [0, 0.05) is 17.8 Å². The summed E-state index contributed by atoms with van der Waals surface area (Å²) >= 11 is 5.87. The molecule has 0 saturated carbocycles. The molecule has 0 aliphatic heterocycles. The summed E-state index contributed by atoms with van der Waals surface area (Å²) in [5.74, 6) is -0.0569. The predicted octanol–water partition coefficient (Wildman–Crippen LogP) is 2.62. The number of hydrogen-bond donors (Lipinski definition) is 1. The van der Waals surface area contributed by atoms with Crippen LogP contribution in [0, 0.1) is 6.92 Å². The van der Waals surface area contributed by atoms with Crippen molar-refractivity contribution in [3.8, 4) is 0 Å². The van der Waals surface area contributed by atoms with E-state index in [1.807, 2.05) is 13.0 Å². The van der Waals surface area contributed by atoms with Crippen LogP contribution in [-0.4, -0.2) is 19.6 Å².